The highest BCUT2D eigenvalue weighted by atomic mass is 19.1. The van der Waals surface area contributed by atoms with Crippen molar-refractivity contribution in [3.8, 4) is 0 Å². The summed E-state index contributed by atoms with van der Waals surface area (Å²) in [5.74, 6) is -2.09. The van der Waals surface area contributed by atoms with Gasteiger partial charge in [0.1, 0.15) is 0 Å². The third-order valence-corrected chi connectivity index (χ3v) is 3.62. The van der Waals surface area contributed by atoms with Gasteiger partial charge >= 0.3 is 5.97 Å². The largest absolute Gasteiger partial charge is 0.479 e. The molecule has 2 rings (SSSR count). The molecule has 1 aliphatic heterocycles. The van der Waals surface area contributed by atoms with Gasteiger partial charge in [0.2, 0.25) is 11.6 Å². The number of aliphatic carboxylic acids is 1. The summed E-state index contributed by atoms with van der Waals surface area (Å²) < 4.78 is 13.8. The van der Waals surface area contributed by atoms with Crippen LogP contribution in [0.2, 0.25) is 0 Å². The molecule has 1 aliphatic rings. The standard InChI is InChI=1S/C15H16FNO4/c16-15(14(20)21)8-9-17(10-15)13(19)7-6-12(18)11-4-2-1-3-5-11/h1-5H,6-10H2,(H,20,21). The number of Topliss-reactive ketones (excluding diaryl/α,β-unsaturated/α-hetero) is 1. The van der Waals surface area contributed by atoms with E-state index >= 15 is 0 Å². The van der Waals surface area contributed by atoms with E-state index in [1.165, 1.54) is 4.90 Å². The van der Waals surface area contributed by atoms with E-state index < -0.39 is 18.2 Å². The maximum Gasteiger partial charge on any atom is 0.343 e. The van der Waals surface area contributed by atoms with E-state index in [9.17, 15) is 18.8 Å². The number of carbonyl (C=O) groups excluding carboxylic acids is 2. The minimum Gasteiger partial charge on any atom is -0.479 e. The summed E-state index contributed by atoms with van der Waals surface area (Å²) in [6, 6.07) is 8.60. The zero-order chi connectivity index (χ0) is 15.5. The molecule has 21 heavy (non-hydrogen) atoms. The maximum atomic E-state index is 13.8. The van der Waals surface area contributed by atoms with Gasteiger partial charge in [-0.15, -0.1) is 0 Å². The summed E-state index contributed by atoms with van der Waals surface area (Å²) in [5.41, 5.74) is -1.84. The Labute approximate surface area is 121 Å². The number of hydrogen-bond acceptors (Lipinski definition) is 3. The summed E-state index contributed by atoms with van der Waals surface area (Å²) in [6.07, 6.45) is -0.212. The van der Waals surface area contributed by atoms with Gasteiger partial charge in [0, 0.05) is 31.4 Å². The Morgan fingerprint density at radius 1 is 1.19 bits per heavy atom. The number of nitrogens with zero attached hydrogens (tertiary/aromatic N) is 1. The highest BCUT2D eigenvalue weighted by Gasteiger charge is 2.46. The molecule has 1 atom stereocenters. The lowest BCUT2D eigenvalue weighted by molar-refractivity contribution is -0.150. The summed E-state index contributed by atoms with van der Waals surface area (Å²) in [7, 11) is 0. The van der Waals surface area contributed by atoms with Crippen molar-refractivity contribution in [1.29, 1.82) is 0 Å². The topological polar surface area (TPSA) is 74.7 Å². The van der Waals surface area contributed by atoms with E-state index in [0.717, 1.165) is 0 Å². The van der Waals surface area contributed by atoms with Crippen molar-refractivity contribution < 1.29 is 23.9 Å². The Morgan fingerprint density at radius 2 is 1.86 bits per heavy atom. The Morgan fingerprint density at radius 3 is 2.43 bits per heavy atom. The lowest BCUT2D eigenvalue weighted by Crippen LogP contribution is -2.38. The lowest BCUT2D eigenvalue weighted by Gasteiger charge is -2.17. The number of hydrogen-bond donors (Lipinski definition) is 1. The first-order valence-electron chi connectivity index (χ1n) is 6.71. The van der Waals surface area contributed by atoms with Crippen LogP contribution < -0.4 is 0 Å². The molecular weight excluding hydrogens is 277 g/mol. The second-order valence-electron chi connectivity index (χ2n) is 5.12. The van der Waals surface area contributed by atoms with E-state index in [-0.39, 0.29) is 37.5 Å². The fourth-order valence-corrected chi connectivity index (χ4v) is 2.31. The van der Waals surface area contributed by atoms with Gasteiger partial charge in [-0.25, -0.2) is 9.18 Å². The highest BCUT2D eigenvalue weighted by molar-refractivity contribution is 5.98. The van der Waals surface area contributed by atoms with Gasteiger partial charge in [0.15, 0.2) is 5.78 Å². The fraction of sp³-hybridized carbons (Fsp3) is 0.400. The Balaban J connectivity index is 1.86. The second-order valence-corrected chi connectivity index (χ2v) is 5.12. The molecule has 0 aromatic heterocycles. The average molecular weight is 293 g/mol. The van der Waals surface area contributed by atoms with E-state index in [2.05, 4.69) is 0 Å². The molecule has 1 unspecified atom stereocenters. The van der Waals surface area contributed by atoms with E-state index in [4.69, 9.17) is 5.11 Å². The molecule has 1 N–H and O–H groups in total. The van der Waals surface area contributed by atoms with Gasteiger partial charge in [-0.1, -0.05) is 30.3 Å². The van der Waals surface area contributed by atoms with Gasteiger partial charge in [-0.2, -0.15) is 0 Å². The third kappa shape index (κ3) is 3.45. The van der Waals surface area contributed by atoms with Crippen molar-refractivity contribution in [1.82, 2.24) is 4.90 Å². The number of carbonyl (C=O) groups is 3. The van der Waals surface area contributed by atoms with Crippen molar-refractivity contribution in [3.05, 3.63) is 35.9 Å². The van der Waals surface area contributed by atoms with Crippen LogP contribution in [-0.4, -0.2) is 46.4 Å². The number of likely N-dealkylation sites (tertiary alicyclic amines) is 1. The SMILES string of the molecule is O=C(CCC(=O)N1CCC(F)(C(=O)O)C1)c1ccccc1. The van der Waals surface area contributed by atoms with Crippen LogP contribution in [0.4, 0.5) is 4.39 Å². The summed E-state index contributed by atoms with van der Waals surface area (Å²) in [4.78, 5) is 35.7. The molecule has 1 fully saturated rings. The molecule has 1 saturated heterocycles. The predicted molar refractivity (Wildman–Crippen MR) is 72.7 cm³/mol. The smallest absolute Gasteiger partial charge is 0.343 e. The Hall–Kier alpha value is -2.24. The number of carboxylic acid groups (broad SMARTS) is 1. The van der Waals surface area contributed by atoms with Crippen LogP contribution >= 0.6 is 0 Å². The number of halogens is 1. The lowest BCUT2D eigenvalue weighted by atomic mass is 10.1. The first-order chi connectivity index (χ1) is 9.92. The quantitative estimate of drug-likeness (QED) is 0.838. The molecule has 1 amide bonds. The normalized spacial score (nSPS) is 21.3. The van der Waals surface area contributed by atoms with Crippen molar-refractivity contribution in [3.63, 3.8) is 0 Å². The fourth-order valence-electron chi connectivity index (χ4n) is 2.31. The maximum absolute atomic E-state index is 13.8. The highest BCUT2D eigenvalue weighted by Crippen LogP contribution is 2.26. The molecule has 1 aromatic rings. The number of carboxylic acids is 1. The van der Waals surface area contributed by atoms with Gasteiger partial charge in [-0.05, 0) is 0 Å². The zero-order valence-corrected chi connectivity index (χ0v) is 11.4. The van der Waals surface area contributed by atoms with Crippen LogP contribution in [0.15, 0.2) is 30.3 Å². The van der Waals surface area contributed by atoms with Gasteiger partial charge in [-0.3, -0.25) is 9.59 Å². The Kier molecular flexibility index (Phi) is 4.35. The van der Waals surface area contributed by atoms with Crippen LogP contribution in [0.3, 0.4) is 0 Å². The van der Waals surface area contributed by atoms with Crippen molar-refractivity contribution in [2.45, 2.75) is 24.9 Å². The van der Waals surface area contributed by atoms with E-state index in [0.29, 0.717) is 5.56 Å². The molecule has 5 nitrogen and oxygen atoms in total. The van der Waals surface area contributed by atoms with Crippen LogP contribution in [0.5, 0.6) is 0 Å². The number of amides is 1. The van der Waals surface area contributed by atoms with Gasteiger partial charge < -0.3 is 10.0 Å². The first kappa shape index (κ1) is 15.2. The molecule has 0 aliphatic carbocycles. The van der Waals surface area contributed by atoms with Crippen molar-refractivity contribution in [2.24, 2.45) is 0 Å². The van der Waals surface area contributed by atoms with E-state index in [1.807, 2.05) is 0 Å². The van der Waals surface area contributed by atoms with Crippen molar-refractivity contribution in [2.75, 3.05) is 13.1 Å². The molecule has 0 radical (unpaired) electrons. The Bertz CT molecular complexity index is 560. The molecular formula is C15H16FNO4. The number of benzene rings is 1. The van der Waals surface area contributed by atoms with Crippen molar-refractivity contribution >= 4 is 17.7 Å². The molecule has 6 heteroatoms. The number of alkyl halides is 1. The summed E-state index contributed by atoms with van der Waals surface area (Å²) in [6.45, 7) is -0.373. The summed E-state index contributed by atoms with van der Waals surface area (Å²) in [5, 5.41) is 8.77. The zero-order valence-electron chi connectivity index (χ0n) is 11.4. The third-order valence-electron chi connectivity index (χ3n) is 3.62. The molecule has 0 spiro atoms. The van der Waals surface area contributed by atoms with E-state index in [1.54, 1.807) is 30.3 Å². The van der Waals surface area contributed by atoms with Crippen LogP contribution in [0.1, 0.15) is 29.6 Å². The molecule has 0 bridgehead atoms. The van der Waals surface area contributed by atoms with Crippen LogP contribution in [-0.2, 0) is 9.59 Å². The van der Waals surface area contributed by atoms with Gasteiger partial charge in [0.25, 0.3) is 0 Å². The average Bonchev–Trinajstić information content (AvgIpc) is 2.89. The van der Waals surface area contributed by atoms with Gasteiger partial charge in [0.05, 0.1) is 6.54 Å². The monoisotopic (exact) mass is 293 g/mol. The molecule has 1 aromatic carbocycles. The summed E-state index contributed by atoms with van der Waals surface area (Å²) >= 11 is 0. The molecule has 1 heterocycles. The minimum atomic E-state index is -2.36. The number of rotatable bonds is 5. The predicted octanol–water partition coefficient (Wildman–Crippen LogP) is 1.67. The molecule has 112 valence electrons. The van der Waals surface area contributed by atoms with Crippen LogP contribution in [0, 0.1) is 0 Å². The van der Waals surface area contributed by atoms with Crippen LogP contribution in [0.25, 0.3) is 0 Å². The first-order valence-corrected chi connectivity index (χ1v) is 6.71. The molecule has 0 saturated carbocycles. The second kappa shape index (κ2) is 6.03. The number of ketones is 1. The minimum absolute atomic E-state index is 0.0334.